The summed E-state index contributed by atoms with van der Waals surface area (Å²) in [5.41, 5.74) is 2.09. The molecule has 1 heterocycles. The van der Waals surface area contributed by atoms with Gasteiger partial charge in [0.05, 0.1) is 4.90 Å². The molecule has 0 aromatic heterocycles. The summed E-state index contributed by atoms with van der Waals surface area (Å²) in [6, 6.07) is 13.8. The lowest BCUT2D eigenvalue weighted by molar-refractivity contribution is 0.234. The van der Waals surface area contributed by atoms with E-state index in [1.54, 1.807) is 12.1 Å². The summed E-state index contributed by atoms with van der Waals surface area (Å²) < 4.78 is 48.1. The van der Waals surface area contributed by atoms with Gasteiger partial charge < -0.3 is 0 Å². The smallest absolute Gasteiger partial charge is 0.292 e. The van der Waals surface area contributed by atoms with E-state index in [4.69, 9.17) is 11.6 Å². The monoisotopic (exact) mass is 385 g/mol. The minimum absolute atomic E-state index is 0.279. The zero-order chi connectivity index (χ0) is 18.0. The fourth-order valence-electron chi connectivity index (χ4n) is 3.20. The maximum Gasteiger partial charge on any atom is 0.341 e. The van der Waals surface area contributed by atoms with E-state index in [1.807, 2.05) is 24.3 Å². The van der Waals surface area contributed by atoms with E-state index in [1.165, 1.54) is 17.7 Å². The third kappa shape index (κ3) is 4.02. The predicted octanol–water partition coefficient (Wildman–Crippen LogP) is 4.67. The van der Waals surface area contributed by atoms with Crippen molar-refractivity contribution < 1.29 is 17.2 Å². The van der Waals surface area contributed by atoms with Gasteiger partial charge >= 0.3 is 5.76 Å². The van der Waals surface area contributed by atoms with Crippen LogP contribution in [-0.2, 0) is 16.4 Å². The van der Waals surface area contributed by atoms with Crippen LogP contribution in [0.5, 0.6) is 0 Å². The fraction of sp³-hybridized carbons (Fsp3) is 0.333. The van der Waals surface area contributed by atoms with Crippen molar-refractivity contribution in [3.63, 3.8) is 0 Å². The molecule has 0 N–H and O–H groups in total. The van der Waals surface area contributed by atoms with Gasteiger partial charge in [-0.1, -0.05) is 35.9 Å². The van der Waals surface area contributed by atoms with Gasteiger partial charge in [0.25, 0.3) is 0 Å². The summed E-state index contributed by atoms with van der Waals surface area (Å²) in [6.45, 7) is 1.58. The van der Waals surface area contributed by atoms with Crippen molar-refractivity contribution in [2.45, 2.75) is 36.1 Å². The van der Waals surface area contributed by atoms with Crippen molar-refractivity contribution in [1.29, 1.82) is 0 Å². The summed E-state index contributed by atoms with van der Waals surface area (Å²) in [7, 11) is -4.54. The summed E-state index contributed by atoms with van der Waals surface area (Å²) in [6.07, 6.45) is 2.12. The molecule has 1 atom stereocenters. The molecule has 2 aromatic rings. The van der Waals surface area contributed by atoms with Crippen LogP contribution in [0.2, 0.25) is 5.02 Å². The number of likely N-dealkylation sites (tertiary alicyclic amines) is 1. The largest absolute Gasteiger partial charge is 0.341 e. The molecule has 2 aromatic carbocycles. The van der Waals surface area contributed by atoms with E-state index in [-0.39, 0.29) is 10.9 Å². The van der Waals surface area contributed by atoms with Gasteiger partial charge in [0.1, 0.15) is 0 Å². The van der Waals surface area contributed by atoms with Crippen molar-refractivity contribution in [3.05, 3.63) is 64.7 Å². The maximum absolute atomic E-state index is 12.6. The lowest BCUT2D eigenvalue weighted by Crippen LogP contribution is -2.22. The summed E-state index contributed by atoms with van der Waals surface area (Å²) >= 11 is 5.94. The second kappa shape index (κ2) is 7.40. The first-order valence-electron chi connectivity index (χ1n) is 7.98. The number of rotatable bonds is 5. The summed E-state index contributed by atoms with van der Waals surface area (Å²) in [4.78, 5) is 1.96. The third-order valence-electron chi connectivity index (χ3n) is 4.49. The van der Waals surface area contributed by atoms with Crippen LogP contribution in [0, 0.1) is 0 Å². The highest BCUT2D eigenvalue weighted by molar-refractivity contribution is 7.91. The molecule has 0 saturated carbocycles. The molecule has 1 fully saturated rings. The molecule has 7 heteroatoms. The topological polar surface area (TPSA) is 37.4 Å². The van der Waals surface area contributed by atoms with Gasteiger partial charge in [0.2, 0.25) is 9.84 Å². The molecule has 0 aliphatic carbocycles. The second-order valence-electron chi connectivity index (χ2n) is 6.13. The van der Waals surface area contributed by atoms with Gasteiger partial charge in [-0.25, -0.2) is 8.42 Å². The summed E-state index contributed by atoms with van der Waals surface area (Å²) in [5.74, 6) is -3.40. The Balaban J connectivity index is 1.74. The molecule has 3 nitrogen and oxygen atoms in total. The van der Waals surface area contributed by atoms with E-state index in [0.29, 0.717) is 11.6 Å². The molecule has 25 heavy (non-hydrogen) atoms. The first-order chi connectivity index (χ1) is 11.9. The van der Waals surface area contributed by atoms with Crippen molar-refractivity contribution >= 4 is 21.4 Å². The highest BCUT2D eigenvalue weighted by Gasteiger charge is 2.28. The fourth-order valence-corrected chi connectivity index (χ4v) is 4.05. The molecule has 1 unspecified atom stereocenters. The van der Waals surface area contributed by atoms with Gasteiger partial charge in [0, 0.05) is 17.6 Å². The molecule has 0 bridgehead atoms. The lowest BCUT2D eigenvalue weighted by atomic mass is 10.0. The van der Waals surface area contributed by atoms with Crippen molar-refractivity contribution in [1.82, 2.24) is 4.90 Å². The second-order valence-corrected chi connectivity index (χ2v) is 8.48. The average molecular weight is 386 g/mol. The molecule has 1 aliphatic heterocycles. The Kier molecular flexibility index (Phi) is 5.41. The standard InChI is InChI=1S/C18H18ClF2NO2S/c19-15-7-5-14(6-8-15)17-2-1-11-22(17)12-13-3-9-16(10-4-13)25(23,24)18(20)21/h3-10,17-18H,1-2,11-12H2. The zero-order valence-corrected chi connectivity index (χ0v) is 15.0. The van der Waals surface area contributed by atoms with E-state index >= 15 is 0 Å². The molecule has 3 rings (SSSR count). The van der Waals surface area contributed by atoms with Crippen LogP contribution >= 0.6 is 11.6 Å². The molecular weight excluding hydrogens is 368 g/mol. The first-order valence-corrected chi connectivity index (χ1v) is 9.91. The van der Waals surface area contributed by atoms with E-state index < -0.39 is 15.6 Å². The van der Waals surface area contributed by atoms with E-state index in [9.17, 15) is 17.2 Å². The van der Waals surface area contributed by atoms with E-state index in [0.717, 1.165) is 24.9 Å². The molecule has 0 radical (unpaired) electrons. The first kappa shape index (κ1) is 18.3. The number of hydrogen-bond donors (Lipinski definition) is 0. The Labute approximate surface area is 151 Å². The molecule has 134 valence electrons. The molecule has 0 spiro atoms. The Bertz CT molecular complexity index is 823. The number of hydrogen-bond acceptors (Lipinski definition) is 3. The maximum atomic E-state index is 12.6. The van der Waals surface area contributed by atoms with Gasteiger partial charge in [-0.05, 0) is 54.8 Å². The number of benzene rings is 2. The number of sulfone groups is 1. The zero-order valence-electron chi connectivity index (χ0n) is 13.4. The van der Waals surface area contributed by atoms with Crippen molar-refractivity contribution in [2.75, 3.05) is 6.54 Å². The van der Waals surface area contributed by atoms with E-state index in [2.05, 4.69) is 4.90 Å². The normalized spacial score (nSPS) is 18.8. The molecular formula is C18H18ClF2NO2S. The lowest BCUT2D eigenvalue weighted by Gasteiger charge is -2.25. The van der Waals surface area contributed by atoms with Crippen molar-refractivity contribution in [2.24, 2.45) is 0 Å². The minimum Gasteiger partial charge on any atom is -0.292 e. The quantitative estimate of drug-likeness (QED) is 0.750. The third-order valence-corrected chi connectivity index (χ3v) is 6.14. The predicted molar refractivity (Wildman–Crippen MR) is 93.5 cm³/mol. The number of alkyl halides is 2. The highest BCUT2D eigenvalue weighted by Crippen LogP contribution is 2.33. The van der Waals surface area contributed by atoms with Crippen molar-refractivity contribution in [3.8, 4) is 0 Å². The van der Waals surface area contributed by atoms with Crippen LogP contribution in [0.3, 0.4) is 0 Å². The van der Waals surface area contributed by atoms with Crippen LogP contribution in [-0.4, -0.2) is 25.6 Å². The van der Waals surface area contributed by atoms with Crippen LogP contribution in [0.4, 0.5) is 8.78 Å². The highest BCUT2D eigenvalue weighted by atomic mass is 35.5. The molecule has 1 saturated heterocycles. The van der Waals surface area contributed by atoms with Gasteiger partial charge in [-0.15, -0.1) is 0 Å². The van der Waals surface area contributed by atoms with Gasteiger partial charge in [-0.3, -0.25) is 4.90 Å². The van der Waals surface area contributed by atoms with Gasteiger partial charge in [-0.2, -0.15) is 8.78 Å². The van der Waals surface area contributed by atoms with Crippen LogP contribution in [0.15, 0.2) is 53.4 Å². The Morgan fingerprint density at radius 3 is 2.32 bits per heavy atom. The Morgan fingerprint density at radius 2 is 1.72 bits per heavy atom. The van der Waals surface area contributed by atoms with Crippen LogP contribution < -0.4 is 0 Å². The van der Waals surface area contributed by atoms with Crippen LogP contribution in [0.25, 0.3) is 0 Å². The minimum atomic E-state index is -4.54. The SMILES string of the molecule is O=S(=O)(c1ccc(CN2CCCC2c2ccc(Cl)cc2)cc1)C(F)F. The average Bonchev–Trinajstić information content (AvgIpc) is 3.04. The van der Waals surface area contributed by atoms with Crippen LogP contribution in [0.1, 0.15) is 30.0 Å². The van der Waals surface area contributed by atoms with Gasteiger partial charge in [0.15, 0.2) is 0 Å². The summed E-state index contributed by atoms with van der Waals surface area (Å²) in [5, 5.41) is 0.698. The Hall–Kier alpha value is -1.50. The molecule has 0 amide bonds. The molecule has 1 aliphatic rings. The number of halogens is 3. The number of nitrogens with zero attached hydrogens (tertiary/aromatic N) is 1. The Morgan fingerprint density at radius 1 is 1.08 bits per heavy atom.